The monoisotopic (exact) mass is 377 g/mol. The van der Waals surface area contributed by atoms with Gasteiger partial charge in [0.05, 0.1) is 19.9 Å². The summed E-state index contributed by atoms with van der Waals surface area (Å²) in [7, 11) is 0. The van der Waals surface area contributed by atoms with Crippen LogP contribution >= 0.6 is 34.2 Å². The lowest BCUT2D eigenvalue weighted by molar-refractivity contribution is 0.626. The fourth-order valence-electron chi connectivity index (χ4n) is 1.83. The van der Waals surface area contributed by atoms with Crippen molar-refractivity contribution in [1.82, 2.24) is 4.57 Å². The molecule has 18 heavy (non-hydrogen) atoms. The van der Waals surface area contributed by atoms with E-state index in [2.05, 4.69) is 0 Å². The molecule has 0 spiro atoms. The van der Waals surface area contributed by atoms with E-state index in [0.29, 0.717) is 20.8 Å². The Kier molecular flexibility index (Phi) is 4.07. The molecule has 2 aromatic rings. The van der Waals surface area contributed by atoms with Gasteiger partial charge in [0.25, 0.3) is 5.56 Å². The molecule has 1 aromatic carbocycles. The van der Waals surface area contributed by atoms with Gasteiger partial charge in [0.15, 0.2) is 0 Å². The van der Waals surface area contributed by atoms with E-state index in [9.17, 15) is 9.18 Å². The number of halogens is 3. The van der Waals surface area contributed by atoms with Crippen LogP contribution in [0, 0.1) is 9.39 Å². The molecule has 0 fully saturated rings. The molecule has 1 heterocycles. The molecule has 94 valence electrons. The molecular formula is C13H10ClFINO. The zero-order valence-electron chi connectivity index (χ0n) is 9.58. The molecule has 0 bridgehead atoms. The summed E-state index contributed by atoms with van der Waals surface area (Å²) in [5, 5.41) is 0.304. The topological polar surface area (TPSA) is 22.0 Å². The molecule has 0 saturated heterocycles. The largest absolute Gasteiger partial charge is 0.307 e. The Hall–Kier alpha value is -0.880. The molecule has 0 atom stereocenters. The third-order valence-electron chi connectivity index (χ3n) is 2.66. The first kappa shape index (κ1) is 13.5. The van der Waals surface area contributed by atoms with Crippen molar-refractivity contribution < 1.29 is 4.39 Å². The summed E-state index contributed by atoms with van der Waals surface area (Å²) in [4.78, 5) is 12.0. The summed E-state index contributed by atoms with van der Waals surface area (Å²) in [5.74, 6) is -0.426. The summed E-state index contributed by atoms with van der Waals surface area (Å²) in [6.07, 6.45) is 0. The van der Waals surface area contributed by atoms with E-state index >= 15 is 0 Å². The van der Waals surface area contributed by atoms with Gasteiger partial charge in [0, 0.05) is 6.54 Å². The number of hydrogen-bond donors (Lipinski definition) is 0. The first-order chi connectivity index (χ1) is 8.56. The van der Waals surface area contributed by atoms with Crippen LogP contribution in [0.4, 0.5) is 4.39 Å². The Morgan fingerprint density at radius 3 is 2.67 bits per heavy atom. The lowest BCUT2D eigenvalue weighted by Gasteiger charge is -2.13. The van der Waals surface area contributed by atoms with Gasteiger partial charge in [-0.1, -0.05) is 17.7 Å². The summed E-state index contributed by atoms with van der Waals surface area (Å²) in [6, 6.07) is 7.89. The van der Waals surface area contributed by atoms with Gasteiger partial charge in [0.2, 0.25) is 0 Å². The normalized spacial score (nSPS) is 10.7. The molecule has 0 unspecified atom stereocenters. The SMILES string of the molecule is CCn1c(-c2c(F)cccc2Cl)ccc(I)c1=O. The molecule has 0 aliphatic carbocycles. The van der Waals surface area contributed by atoms with E-state index < -0.39 is 5.82 Å². The predicted molar refractivity (Wildman–Crippen MR) is 79.5 cm³/mol. The molecule has 5 heteroatoms. The molecule has 0 aliphatic rings. The molecule has 0 amide bonds. The highest BCUT2D eigenvalue weighted by atomic mass is 127. The minimum atomic E-state index is -0.426. The first-order valence-corrected chi connectivity index (χ1v) is 6.85. The van der Waals surface area contributed by atoms with E-state index in [0.717, 1.165) is 0 Å². The van der Waals surface area contributed by atoms with E-state index in [-0.39, 0.29) is 11.1 Å². The third kappa shape index (κ3) is 2.31. The Balaban J connectivity index is 2.80. The van der Waals surface area contributed by atoms with Crippen molar-refractivity contribution in [2.75, 3.05) is 0 Å². The minimum absolute atomic E-state index is 0.130. The molecule has 0 aliphatic heterocycles. The van der Waals surface area contributed by atoms with Crippen molar-refractivity contribution in [3.05, 3.63) is 55.1 Å². The smallest absolute Gasteiger partial charge is 0.264 e. The van der Waals surface area contributed by atoms with Crippen LogP contribution in [0.25, 0.3) is 11.3 Å². The molecule has 2 nitrogen and oxygen atoms in total. The van der Waals surface area contributed by atoms with Crippen LogP contribution in [0.1, 0.15) is 6.92 Å². The van der Waals surface area contributed by atoms with Crippen molar-refractivity contribution in [3.8, 4) is 11.3 Å². The Bertz CT molecular complexity index is 634. The van der Waals surface area contributed by atoms with Crippen molar-refractivity contribution in [3.63, 3.8) is 0 Å². The summed E-state index contributed by atoms with van der Waals surface area (Å²) in [5.41, 5.74) is 0.649. The predicted octanol–water partition coefficient (Wildman–Crippen LogP) is 3.93. The van der Waals surface area contributed by atoms with Crippen LogP contribution < -0.4 is 5.56 Å². The Labute approximate surface area is 123 Å². The second-order valence-corrected chi connectivity index (χ2v) is 5.28. The van der Waals surface area contributed by atoms with Gasteiger partial charge < -0.3 is 4.57 Å². The fourth-order valence-corrected chi connectivity index (χ4v) is 2.56. The van der Waals surface area contributed by atoms with Gasteiger partial charge in [-0.05, 0) is 53.8 Å². The van der Waals surface area contributed by atoms with Crippen LogP contribution in [0.3, 0.4) is 0 Å². The maximum Gasteiger partial charge on any atom is 0.264 e. The molecule has 0 N–H and O–H groups in total. The average molecular weight is 378 g/mol. The van der Waals surface area contributed by atoms with Gasteiger partial charge >= 0.3 is 0 Å². The number of benzene rings is 1. The first-order valence-electron chi connectivity index (χ1n) is 5.40. The van der Waals surface area contributed by atoms with Gasteiger partial charge in [-0.2, -0.15) is 0 Å². The zero-order valence-corrected chi connectivity index (χ0v) is 12.5. The number of pyridine rings is 1. The second-order valence-electron chi connectivity index (χ2n) is 3.71. The average Bonchev–Trinajstić information content (AvgIpc) is 2.33. The van der Waals surface area contributed by atoms with Gasteiger partial charge in [-0.25, -0.2) is 4.39 Å². The lowest BCUT2D eigenvalue weighted by atomic mass is 10.1. The van der Waals surface area contributed by atoms with Gasteiger partial charge in [-0.3, -0.25) is 4.79 Å². The summed E-state index contributed by atoms with van der Waals surface area (Å²) >= 11 is 7.99. The number of nitrogens with zero attached hydrogens (tertiary/aromatic N) is 1. The summed E-state index contributed by atoms with van der Waals surface area (Å²) < 4.78 is 16.0. The van der Waals surface area contributed by atoms with E-state index in [4.69, 9.17) is 11.6 Å². The zero-order chi connectivity index (χ0) is 13.3. The van der Waals surface area contributed by atoms with Crippen LogP contribution in [0.5, 0.6) is 0 Å². The minimum Gasteiger partial charge on any atom is -0.307 e. The quantitative estimate of drug-likeness (QED) is 0.727. The van der Waals surface area contributed by atoms with Crippen LogP contribution in [0.15, 0.2) is 35.1 Å². The van der Waals surface area contributed by atoms with Crippen molar-refractivity contribution >= 4 is 34.2 Å². The fraction of sp³-hybridized carbons (Fsp3) is 0.154. The Morgan fingerprint density at radius 2 is 2.06 bits per heavy atom. The maximum absolute atomic E-state index is 13.9. The molecule has 0 saturated carbocycles. The maximum atomic E-state index is 13.9. The number of hydrogen-bond acceptors (Lipinski definition) is 1. The van der Waals surface area contributed by atoms with Crippen LogP contribution in [0.2, 0.25) is 5.02 Å². The highest BCUT2D eigenvalue weighted by Gasteiger charge is 2.14. The van der Waals surface area contributed by atoms with Gasteiger partial charge in [0.1, 0.15) is 5.82 Å². The second kappa shape index (κ2) is 5.40. The Morgan fingerprint density at radius 1 is 1.33 bits per heavy atom. The van der Waals surface area contributed by atoms with E-state index in [1.165, 1.54) is 10.6 Å². The lowest BCUT2D eigenvalue weighted by Crippen LogP contribution is -2.23. The third-order valence-corrected chi connectivity index (χ3v) is 3.80. The van der Waals surface area contributed by atoms with Crippen LogP contribution in [-0.2, 0) is 6.54 Å². The van der Waals surface area contributed by atoms with Gasteiger partial charge in [-0.15, -0.1) is 0 Å². The van der Waals surface area contributed by atoms with Crippen molar-refractivity contribution in [2.24, 2.45) is 0 Å². The van der Waals surface area contributed by atoms with E-state index in [1.54, 1.807) is 24.3 Å². The van der Waals surface area contributed by atoms with Crippen LogP contribution in [-0.4, -0.2) is 4.57 Å². The standard InChI is InChI=1S/C13H10ClFINO/c1-2-17-11(7-6-10(16)13(17)18)12-8(14)4-3-5-9(12)15/h3-7H,2H2,1H3. The highest BCUT2D eigenvalue weighted by molar-refractivity contribution is 14.1. The number of aromatic nitrogens is 1. The molecular weight excluding hydrogens is 368 g/mol. The highest BCUT2D eigenvalue weighted by Crippen LogP contribution is 2.29. The summed E-state index contributed by atoms with van der Waals surface area (Å²) in [6.45, 7) is 2.31. The number of rotatable bonds is 2. The van der Waals surface area contributed by atoms with Crippen molar-refractivity contribution in [1.29, 1.82) is 0 Å². The van der Waals surface area contributed by atoms with E-state index in [1.807, 2.05) is 29.5 Å². The molecule has 2 rings (SSSR count). The van der Waals surface area contributed by atoms with Crippen molar-refractivity contribution in [2.45, 2.75) is 13.5 Å². The molecule has 0 radical (unpaired) electrons. The molecule has 1 aromatic heterocycles.